The molecular weight excluding hydrogens is 337 g/mol. The van der Waals surface area contributed by atoms with Crippen molar-refractivity contribution in [2.75, 3.05) is 31.5 Å². The molecule has 3 rings (SSSR count). The Hall–Kier alpha value is -2.19. The first-order valence-electron chi connectivity index (χ1n) is 7.54. The molecule has 1 N–H and O–H groups in total. The first-order valence-corrected chi connectivity index (χ1v) is 7.91. The lowest BCUT2D eigenvalue weighted by Crippen LogP contribution is -2.49. The predicted molar refractivity (Wildman–Crippen MR) is 86.3 cm³/mol. The largest absolute Gasteiger partial charge is 0.340 e. The van der Waals surface area contributed by atoms with Crippen molar-refractivity contribution < 1.29 is 13.7 Å². The maximum atomic E-state index is 13.4. The lowest BCUT2D eigenvalue weighted by atomic mass is 10.3. The average Bonchev–Trinajstić information content (AvgIpc) is 2.96. The number of urea groups is 1. The molecule has 7 nitrogen and oxygen atoms in total. The van der Waals surface area contributed by atoms with E-state index in [1.54, 1.807) is 17.9 Å². The van der Waals surface area contributed by atoms with E-state index in [2.05, 4.69) is 20.4 Å². The second-order valence-corrected chi connectivity index (χ2v) is 5.96. The minimum atomic E-state index is -0.560. The van der Waals surface area contributed by atoms with Crippen LogP contribution in [0.2, 0.25) is 5.02 Å². The number of hydrogen-bond acceptors (Lipinski definition) is 5. The third-order valence-electron chi connectivity index (χ3n) is 3.77. The topological polar surface area (TPSA) is 74.5 Å². The number of nitrogens with zero attached hydrogens (tertiary/aromatic N) is 4. The summed E-state index contributed by atoms with van der Waals surface area (Å²) in [6, 6.07) is 3.93. The summed E-state index contributed by atoms with van der Waals surface area (Å²) in [5.41, 5.74) is 0.381. The number of aromatic nitrogens is 2. The van der Waals surface area contributed by atoms with Gasteiger partial charge in [-0.15, -0.1) is 0 Å². The van der Waals surface area contributed by atoms with E-state index in [0.29, 0.717) is 50.1 Å². The second-order valence-electron chi connectivity index (χ2n) is 5.55. The Morgan fingerprint density at radius 1 is 1.38 bits per heavy atom. The Kier molecular flexibility index (Phi) is 4.96. The van der Waals surface area contributed by atoms with Crippen molar-refractivity contribution >= 4 is 23.3 Å². The van der Waals surface area contributed by atoms with E-state index in [4.69, 9.17) is 16.1 Å². The molecular formula is C15H17ClFN5O2. The molecule has 0 saturated carbocycles. The maximum Gasteiger partial charge on any atom is 0.321 e. The first kappa shape index (κ1) is 16.7. The molecule has 0 radical (unpaired) electrons. The van der Waals surface area contributed by atoms with Crippen LogP contribution in [0, 0.1) is 12.7 Å². The molecule has 1 aliphatic heterocycles. The highest BCUT2D eigenvalue weighted by molar-refractivity contribution is 6.30. The van der Waals surface area contributed by atoms with Gasteiger partial charge in [0.2, 0.25) is 5.89 Å². The van der Waals surface area contributed by atoms with Crippen molar-refractivity contribution in [1.82, 2.24) is 19.9 Å². The molecule has 1 aliphatic rings. The molecule has 0 atom stereocenters. The Labute approximate surface area is 143 Å². The Balaban J connectivity index is 1.50. The van der Waals surface area contributed by atoms with Crippen LogP contribution in [0.25, 0.3) is 0 Å². The maximum absolute atomic E-state index is 13.4. The zero-order valence-corrected chi connectivity index (χ0v) is 13.9. The smallest absolute Gasteiger partial charge is 0.321 e. The van der Waals surface area contributed by atoms with Crippen LogP contribution in [0.1, 0.15) is 11.7 Å². The minimum absolute atomic E-state index is 0.0262. The summed E-state index contributed by atoms with van der Waals surface area (Å²) in [7, 11) is 0. The van der Waals surface area contributed by atoms with Crippen LogP contribution >= 0.6 is 11.6 Å². The highest BCUT2D eigenvalue weighted by Crippen LogP contribution is 2.19. The summed E-state index contributed by atoms with van der Waals surface area (Å²) in [6.07, 6.45) is 0. The highest BCUT2D eigenvalue weighted by atomic mass is 35.5. The van der Waals surface area contributed by atoms with Crippen molar-refractivity contribution in [2.45, 2.75) is 13.5 Å². The van der Waals surface area contributed by atoms with E-state index in [-0.39, 0.29) is 11.1 Å². The van der Waals surface area contributed by atoms with Crippen LogP contribution in [-0.4, -0.2) is 52.2 Å². The Morgan fingerprint density at radius 3 is 2.75 bits per heavy atom. The number of amides is 2. The van der Waals surface area contributed by atoms with Gasteiger partial charge >= 0.3 is 6.03 Å². The quantitative estimate of drug-likeness (QED) is 0.917. The number of hydrogen-bond donors (Lipinski definition) is 1. The summed E-state index contributed by atoms with van der Waals surface area (Å²) in [6.45, 7) is 4.89. The van der Waals surface area contributed by atoms with Gasteiger partial charge < -0.3 is 14.7 Å². The molecule has 2 amide bonds. The van der Waals surface area contributed by atoms with Crippen LogP contribution < -0.4 is 5.32 Å². The van der Waals surface area contributed by atoms with E-state index in [1.165, 1.54) is 12.1 Å². The lowest BCUT2D eigenvalue weighted by molar-refractivity contribution is 0.140. The van der Waals surface area contributed by atoms with E-state index in [9.17, 15) is 9.18 Å². The van der Waals surface area contributed by atoms with Crippen LogP contribution in [0.5, 0.6) is 0 Å². The molecule has 1 aromatic heterocycles. The van der Waals surface area contributed by atoms with Crippen molar-refractivity contribution in [2.24, 2.45) is 0 Å². The number of benzene rings is 1. The van der Waals surface area contributed by atoms with Crippen molar-refractivity contribution in [3.8, 4) is 0 Å². The van der Waals surface area contributed by atoms with Crippen LogP contribution in [0.3, 0.4) is 0 Å². The molecule has 0 aliphatic carbocycles. The van der Waals surface area contributed by atoms with Gasteiger partial charge in [0.1, 0.15) is 5.82 Å². The Bertz CT molecular complexity index is 730. The van der Waals surface area contributed by atoms with Crippen molar-refractivity contribution in [1.29, 1.82) is 0 Å². The lowest BCUT2D eigenvalue weighted by Gasteiger charge is -2.34. The van der Waals surface area contributed by atoms with Crippen molar-refractivity contribution in [3.05, 3.63) is 40.8 Å². The molecule has 2 heterocycles. The van der Waals surface area contributed by atoms with Crippen LogP contribution in [-0.2, 0) is 6.54 Å². The number of halogens is 2. The molecule has 128 valence electrons. The van der Waals surface area contributed by atoms with Gasteiger partial charge in [-0.3, -0.25) is 4.90 Å². The molecule has 9 heteroatoms. The van der Waals surface area contributed by atoms with Gasteiger partial charge in [-0.1, -0.05) is 16.8 Å². The fourth-order valence-electron chi connectivity index (χ4n) is 2.49. The van der Waals surface area contributed by atoms with Gasteiger partial charge in [0, 0.05) is 38.8 Å². The first-order chi connectivity index (χ1) is 11.5. The normalized spacial score (nSPS) is 15.5. The van der Waals surface area contributed by atoms with Gasteiger partial charge in [-0.2, -0.15) is 4.98 Å². The summed E-state index contributed by atoms with van der Waals surface area (Å²) in [4.78, 5) is 20.2. The van der Waals surface area contributed by atoms with Gasteiger partial charge in [0.05, 0.1) is 11.6 Å². The number of piperazine rings is 1. The van der Waals surface area contributed by atoms with Gasteiger partial charge in [-0.25, -0.2) is 9.18 Å². The fraction of sp³-hybridized carbons (Fsp3) is 0.400. The minimum Gasteiger partial charge on any atom is -0.340 e. The third-order valence-corrected chi connectivity index (χ3v) is 4.07. The molecule has 1 saturated heterocycles. The molecule has 0 spiro atoms. The Morgan fingerprint density at radius 2 is 2.12 bits per heavy atom. The van der Waals surface area contributed by atoms with Gasteiger partial charge in [0.25, 0.3) is 0 Å². The van der Waals surface area contributed by atoms with Gasteiger partial charge in [-0.05, 0) is 18.2 Å². The number of carbonyl (C=O) groups excluding carboxylic acids is 1. The van der Waals surface area contributed by atoms with Gasteiger partial charge in [0.15, 0.2) is 5.82 Å². The SMILES string of the molecule is Cc1nc(CN2CCN(C(=O)Nc3ccc(Cl)c(F)c3)CC2)no1. The summed E-state index contributed by atoms with van der Waals surface area (Å²) >= 11 is 5.63. The van der Waals surface area contributed by atoms with E-state index >= 15 is 0 Å². The highest BCUT2D eigenvalue weighted by Gasteiger charge is 2.22. The van der Waals surface area contributed by atoms with Crippen molar-refractivity contribution in [3.63, 3.8) is 0 Å². The molecule has 0 unspecified atom stereocenters. The molecule has 24 heavy (non-hydrogen) atoms. The van der Waals surface area contributed by atoms with E-state index in [0.717, 1.165) is 0 Å². The standard InChI is InChI=1S/C15H17ClFN5O2/c1-10-18-14(20-24-10)9-21-4-6-22(7-5-21)15(23)19-11-2-3-12(16)13(17)8-11/h2-3,8H,4-7,9H2,1H3,(H,19,23). The van der Waals surface area contributed by atoms with Crippen LogP contribution in [0.4, 0.5) is 14.9 Å². The van der Waals surface area contributed by atoms with E-state index in [1.807, 2.05) is 0 Å². The fourth-order valence-corrected chi connectivity index (χ4v) is 2.61. The molecule has 1 aromatic carbocycles. The monoisotopic (exact) mass is 353 g/mol. The molecule has 1 fully saturated rings. The molecule has 0 bridgehead atoms. The number of aryl methyl sites for hydroxylation is 1. The second kappa shape index (κ2) is 7.14. The summed E-state index contributed by atoms with van der Waals surface area (Å²) in [5.74, 6) is 0.620. The summed E-state index contributed by atoms with van der Waals surface area (Å²) in [5, 5.41) is 6.57. The molecule has 2 aromatic rings. The summed E-state index contributed by atoms with van der Waals surface area (Å²) < 4.78 is 18.4. The number of anilines is 1. The average molecular weight is 354 g/mol. The zero-order valence-electron chi connectivity index (χ0n) is 13.1. The number of rotatable bonds is 3. The van der Waals surface area contributed by atoms with Crippen LogP contribution in [0.15, 0.2) is 22.7 Å². The zero-order chi connectivity index (χ0) is 17.1. The number of carbonyl (C=O) groups is 1. The van der Waals surface area contributed by atoms with E-state index < -0.39 is 5.82 Å². The third kappa shape index (κ3) is 4.01. The predicted octanol–water partition coefficient (Wildman–Crippen LogP) is 2.52. The number of nitrogens with one attached hydrogen (secondary N) is 1.